The van der Waals surface area contributed by atoms with Gasteiger partial charge in [0.25, 0.3) is 0 Å². The molecular weight excluding hydrogens is 304 g/mol. The molecule has 104 valence electrons. The molecule has 1 fully saturated rings. The van der Waals surface area contributed by atoms with Crippen molar-refractivity contribution in [3.05, 3.63) is 27.7 Å². The van der Waals surface area contributed by atoms with E-state index in [4.69, 9.17) is 5.84 Å². The Bertz CT molecular complexity index is 455. The van der Waals surface area contributed by atoms with Crippen LogP contribution in [0.5, 0.6) is 0 Å². The minimum atomic E-state index is 0.398. The van der Waals surface area contributed by atoms with Crippen LogP contribution >= 0.6 is 15.9 Å². The molecule has 0 amide bonds. The number of halogens is 1. The van der Waals surface area contributed by atoms with Crippen LogP contribution in [0.2, 0.25) is 0 Å². The van der Waals surface area contributed by atoms with Gasteiger partial charge in [-0.1, -0.05) is 28.8 Å². The summed E-state index contributed by atoms with van der Waals surface area (Å²) >= 11 is 3.50. The topological polar surface area (TPSA) is 62.4 Å². The average molecular weight is 325 g/mol. The molecule has 0 aliphatic heterocycles. The Morgan fingerprint density at radius 3 is 2.37 bits per heavy atom. The van der Waals surface area contributed by atoms with Crippen molar-refractivity contribution in [3.8, 4) is 0 Å². The number of guanidine groups is 1. The van der Waals surface area contributed by atoms with Gasteiger partial charge in [0.05, 0.1) is 6.04 Å². The van der Waals surface area contributed by atoms with Crippen LogP contribution in [-0.2, 0) is 0 Å². The fourth-order valence-corrected chi connectivity index (χ4v) is 3.23. The van der Waals surface area contributed by atoms with Crippen molar-refractivity contribution >= 4 is 27.6 Å². The highest BCUT2D eigenvalue weighted by Gasteiger charge is 2.15. The van der Waals surface area contributed by atoms with Gasteiger partial charge in [-0.25, -0.2) is 10.8 Å². The Morgan fingerprint density at radius 1 is 1.26 bits per heavy atom. The highest BCUT2D eigenvalue weighted by molar-refractivity contribution is 9.10. The number of anilines is 1. The van der Waals surface area contributed by atoms with Crippen LogP contribution < -0.4 is 16.6 Å². The maximum atomic E-state index is 5.58. The van der Waals surface area contributed by atoms with E-state index in [-0.39, 0.29) is 0 Å². The van der Waals surface area contributed by atoms with Crippen LogP contribution in [0.4, 0.5) is 5.69 Å². The summed E-state index contributed by atoms with van der Waals surface area (Å²) in [4.78, 5) is 4.65. The van der Waals surface area contributed by atoms with Crippen LogP contribution in [0.15, 0.2) is 21.6 Å². The third kappa shape index (κ3) is 3.70. The van der Waals surface area contributed by atoms with Gasteiger partial charge >= 0.3 is 0 Å². The molecule has 2 rings (SSSR count). The molecule has 1 saturated carbocycles. The molecule has 0 unspecified atom stereocenters. The standard InChI is InChI=1S/C14H21BrN4/c1-9-7-11(15)8-10(2)13(9)18-14(19-16)17-12-5-3-4-6-12/h7-8,12H,3-6,16H2,1-2H3,(H2,17,18,19). The highest BCUT2D eigenvalue weighted by Crippen LogP contribution is 2.25. The SMILES string of the molecule is Cc1cc(Br)cc(C)c1NC(=NC1CCCC1)NN. The number of nitrogens with two attached hydrogens (primary N) is 1. The molecule has 4 nitrogen and oxygen atoms in total. The molecule has 4 N–H and O–H groups in total. The Labute approximate surface area is 123 Å². The lowest BCUT2D eigenvalue weighted by Gasteiger charge is -2.16. The van der Waals surface area contributed by atoms with E-state index in [1.165, 1.54) is 24.0 Å². The van der Waals surface area contributed by atoms with E-state index in [9.17, 15) is 0 Å². The molecular formula is C14H21BrN4. The van der Waals surface area contributed by atoms with Crippen LogP contribution in [0.1, 0.15) is 36.8 Å². The van der Waals surface area contributed by atoms with Crippen molar-refractivity contribution in [2.75, 3.05) is 5.32 Å². The summed E-state index contributed by atoms with van der Waals surface area (Å²) in [6.45, 7) is 4.15. The normalized spacial score (nSPS) is 16.7. The van der Waals surface area contributed by atoms with Crippen LogP contribution in [0.25, 0.3) is 0 Å². The second kappa shape index (κ2) is 6.39. The van der Waals surface area contributed by atoms with E-state index < -0.39 is 0 Å². The number of rotatable bonds is 2. The van der Waals surface area contributed by atoms with Crippen molar-refractivity contribution in [1.29, 1.82) is 0 Å². The summed E-state index contributed by atoms with van der Waals surface area (Å²) in [5, 5.41) is 3.31. The summed E-state index contributed by atoms with van der Waals surface area (Å²) in [6.07, 6.45) is 4.85. The van der Waals surface area contributed by atoms with Crippen LogP contribution in [0, 0.1) is 13.8 Å². The predicted molar refractivity (Wildman–Crippen MR) is 84.3 cm³/mol. The summed E-state index contributed by atoms with van der Waals surface area (Å²) in [5.41, 5.74) is 6.08. The zero-order valence-corrected chi connectivity index (χ0v) is 13.0. The Morgan fingerprint density at radius 2 is 1.84 bits per heavy atom. The second-order valence-corrected chi connectivity index (χ2v) is 6.02. The van der Waals surface area contributed by atoms with E-state index in [2.05, 4.69) is 57.6 Å². The molecule has 0 saturated heterocycles. The third-order valence-electron chi connectivity index (χ3n) is 3.51. The fraction of sp³-hybridized carbons (Fsp3) is 0.500. The Kier molecular flexibility index (Phi) is 4.82. The molecule has 0 atom stereocenters. The van der Waals surface area contributed by atoms with Crippen molar-refractivity contribution in [2.45, 2.75) is 45.6 Å². The number of nitrogens with zero attached hydrogens (tertiary/aromatic N) is 1. The zero-order chi connectivity index (χ0) is 13.8. The highest BCUT2D eigenvalue weighted by atomic mass is 79.9. The van der Waals surface area contributed by atoms with Crippen molar-refractivity contribution < 1.29 is 0 Å². The molecule has 5 heteroatoms. The average Bonchev–Trinajstić information content (AvgIpc) is 2.84. The van der Waals surface area contributed by atoms with Crippen molar-refractivity contribution in [2.24, 2.45) is 10.8 Å². The first-order valence-corrected chi connectivity index (χ1v) is 7.47. The minimum absolute atomic E-state index is 0.398. The quantitative estimate of drug-likeness (QED) is 0.339. The Hall–Kier alpha value is -1.07. The fourth-order valence-electron chi connectivity index (χ4n) is 2.55. The lowest BCUT2D eigenvalue weighted by Crippen LogP contribution is -2.37. The number of nitrogens with one attached hydrogen (secondary N) is 2. The molecule has 0 radical (unpaired) electrons. The molecule has 19 heavy (non-hydrogen) atoms. The maximum absolute atomic E-state index is 5.58. The molecule has 0 spiro atoms. The van der Waals surface area contributed by atoms with E-state index in [1.807, 2.05) is 0 Å². The Balaban J connectivity index is 2.18. The smallest absolute Gasteiger partial charge is 0.210 e. The number of aryl methyl sites for hydroxylation is 2. The lowest BCUT2D eigenvalue weighted by atomic mass is 10.1. The van der Waals surface area contributed by atoms with Crippen LogP contribution in [-0.4, -0.2) is 12.0 Å². The van der Waals surface area contributed by atoms with Crippen LogP contribution in [0.3, 0.4) is 0 Å². The van der Waals surface area contributed by atoms with Crippen molar-refractivity contribution in [1.82, 2.24) is 5.43 Å². The minimum Gasteiger partial charge on any atom is -0.325 e. The zero-order valence-electron chi connectivity index (χ0n) is 11.5. The summed E-state index contributed by atoms with van der Waals surface area (Å²) < 4.78 is 1.09. The first-order chi connectivity index (χ1) is 9.10. The number of hydrogen-bond donors (Lipinski definition) is 3. The van der Waals surface area contributed by atoms with Gasteiger partial charge in [-0.3, -0.25) is 5.43 Å². The van der Waals surface area contributed by atoms with Gasteiger partial charge in [0.1, 0.15) is 0 Å². The van der Waals surface area contributed by atoms with Crippen molar-refractivity contribution in [3.63, 3.8) is 0 Å². The first-order valence-electron chi connectivity index (χ1n) is 6.68. The summed E-state index contributed by atoms with van der Waals surface area (Å²) in [6, 6.07) is 4.56. The van der Waals surface area contributed by atoms with E-state index in [1.54, 1.807) is 0 Å². The second-order valence-electron chi connectivity index (χ2n) is 5.10. The van der Waals surface area contributed by atoms with E-state index in [0.29, 0.717) is 12.0 Å². The lowest BCUT2D eigenvalue weighted by molar-refractivity contribution is 0.700. The molecule has 0 heterocycles. The molecule has 1 aromatic rings. The molecule has 1 aromatic carbocycles. The largest absolute Gasteiger partial charge is 0.325 e. The molecule has 0 aromatic heterocycles. The number of benzene rings is 1. The number of hydrazine groups is 1. The van der Waals surface area contributed by atoms with Gasteiger partial charge in [-0.05, 0) is 49.9 Å². The summed E-state index contributed by atoms with van der Waals surface area (Å²) in [7, 11) is 0. The monoisotopic (exact) mass is 324 g/mol. The predicted octanol–water partition coefficient (Wildman–Crippen LogP) is 3.24. The number of aliphatic imine (C=N–C) groups is 1. The molecule has 0 bridgehead atoms. The van der Waals surface area contributed by atoms with Gasteiger partial charge < -0.3 is 5.32 Å². The number of hydrogen-bond acceptors (Lipinski definition) is 2. The van der Waals surface area contributed by atoms with Gasteiger partial charge in [0.15, 0.2) is 0 Å². The third-order valence-corrected chi connectivity index (χ3v) is 3.97. The molecule has 1 aliphatic carbocycles. The van der Waals surface area contributed by atoms with Gasteiger partial charge in [-0.2, -0.15) is 0 Å². The maximum Gasteiger partial charge on any atom is 0.210 e. The van der Waals surface area contributed by atoms with E-state index in [0.717, 1.165) is 23.0 Å². The molecule has 1 aliphatic rings. The summed E-state index contributed by atoms with van der Waals surface area (Å²) in [5.74, 6) is 6.23. The van der Waals surface area contributed by atoms with E-state index >= 15 is 0 Å². The van der Waals surface area contributed by atoms with Gasteiger partial charge in [0, 0.05) is 10.2 Å². The van der Waals surface area contributed by atoms with Gasteiger partial charge in [0.2, 0.25) is 5.96 Å². The first kappa shape index (κ1) is 14.3. The van der Waals surface area contributed by atoms with Gasteiger partial charge in [-0.15, -0.1) is 0 Å².